The second-order valence-electron chi connectivity index (χ2n) is 5.55. The van der Waals surface area contributed by atoms with E-state index in [0.29, 0.717) is 18.6 Å². The van der Waals surface area contributed by atoms with Crippen LogP contribution in [0.4, 0.5) is 0 Å². The lowest BCUT2D eigenvalue weighted by Crippen LogP contribution is -2.28. The van der Waals surface area contributed by atoms with Crippen LogP contribution >= 0.6 is 0 Å². The van der Waals surface area contributed by atoms with Gasteiger partial charge in [0.2, 0.25) is 8.32 Å². The number of hydrogen-bond acceptors (Lipinski definition) is 3. The van der Waals surface area contributed by atoms with Gasteiger partial charge in [0.25, 0.3) is 0 Å². The molecule has 0 aliphatic heterocycles. The van der Waals surface area contributed by atoms with Gasteiger partial charge < -0.3 is 13.9 Å². The fraction of sp³-hybridized carbons (Fsp3) is 0.846. The van der Waals surface area contributed by atoms with E-state index in [1.807, 2.05) is 0 Å². The first-order valence-corrected chi connectivity index (χ1v) is 9.63. The maximum absolute atomic E-state index is 5.93. The van der Waals surface area contributed by atoms with Gasteiger partial charge in [0.05, 0.1) is 5.76 Å². The third-order valence-corrected chi connectivity index (χ3v) is 3.59. The summed E-state index contributed by atoms with van der Waals surface area (Å²) < 4.78 is 16.1. The van der Waals surface area contributed by atoms with Gasteiger partial charge in [0.15, 0.2) is 0 Å². The zero-order chi connectivity index (χ0) is 13.5. The fourth-order valence-electron chi connectivity index (χ4n) is 1.47. The van der Waals surface area contributed by atoms with Crippen molar-refractivity contribution in [1.29, 1.82) is 0 Å². The van der Waals surface area contributed by atoms with Gasteiger partial charge in [-0.1, -0.05) is 20.4 Å². The maximum atomic E-state index is 5.93. The average Bonchev–Trinajstić information content (AvgIpc) is 2.20. The van der Waals surface area contributed by atoms with E-state index in [0.717, 1.165) is 18.8 Å². The molecule has 0 heterocycles. The third-order valence-electron chi connectivity index (χ3n) is 2.72. The summed E-state index contributed by atoms with van der Waals surface area (Å²) in [4.78, 5) is 0. The molecular formula is C13H28O3Si. The Bertz CT molecular complexity index is 223. The normalized spacial score (nSPS) is 15.4. The van der Waals surface area contributed by atoms with E-state index >= 15 is 0 Å². The van der Waals surface area contributed by atoms with E-state index in [-0.39, 0.29) is 0 Å². The van der Waals surface area contributed by atoms with Crippen LogP contribution < -0.4 is 0 Å². The predicted molar refractivity (Wildman–Crippen MR) is 74.3 cm³/mol. The number of hydrogen-bond donors (Lipinski definition) is 0. The lowest BCUT2D eigenvalue weighted by molar-refractivity contribution is -0.0353. The van der Waals surface area contributed by atoms with Gasteiger partial charge in [-0.3, -0.25) is 0 Å². The maximum Gasteiger partial charge on any atom is 0.241 e. The quantitative estimate of drug-likeness (QED) is 0.274. The molecule has 0 aromatic carbocycles. The molecule has 0 aromatic rings. The van der Waals surface area contributed by atoms with Crippen molar-refractivity contribution in [2.45, 2.75) is 39.9 Å². The minimum Gasteiger partial charge on any atom is -0.548 e. The molecule has 17 heavy (non-hydrogen) atoms. The highest BCUT2D eigenvalue weighted by molar-refractivity contribution is 6.70. The highest BCUT2D eigenvalue weighted by Gasteiger charge is 2.22. The van der Waals surface area contributed by atoms with E-state index in [1.54, 1.807) is 7.11 Å². The molecule has 0 aliphatic rings. The number of rotatable bonds is 9. The van der Waals surface area contributed by atoms with Gasteiger partial charge in [0, 0.05) is 19.6 Å². The Labute approximate surface area is 107 Å². The van der Waals surface area contributed by atoms with Crippen LogP contribution in [0.15, 0.2) is 12.3 Å². The van der Waals surface area contributed by atoms with E-state index in [1.165, 1.54) is 0 Å². The Kier molecular flexibility index (Phi) is 7.75. The van der Waals surface area contributed by atoms with Crippen molar-refractivity contribution >= 4 is 8.32 Å². The molecule has 3 nitrogen and oxygen atoms in total. The van der Waals surface area contributed by atoms with Gasteiger partial charge in [-0.15, -0.1) is 0 Å². The smallest absolute Gasteiger partial charge is 0.241 e. The average molecular weight is 260 g/mol. The second-order valence-corrected chi connectivity index (χ2v) is 9.98. The first kappa shape index (κ1) is 16.7. The Morgan fingerprint density at radius 2 is 1.82 bits per heavy atom. The lowest BCUT2D eigenvalue weighted by atomic mass is 9.92. The molecule has 0 fully saturated rings. The molecule has 0 radical (unpaired) electrons. The molecule has 0 aromatic heterocycles. The molecule has 0 unspecified atom stereocenters. The second kappa shape index (κ2) is 7.90. The molecular weight excluding hydrogens is 232 g/mol. The monoisotopic (exact) mass is 260 g/mol. The summed E-state index contributed by atoms with van der Waals surface area (Å²) in [6.07, 6.45) is 0.999. The van der Waals surface area contributed by atoms with Crippen LogP contribution in [-0.2, 0) is 13.9 Å². The topological polar surface area (TPSA) is 27.7 Å². The summed E-state index contributed by atoms with van der Waals surface area (Å²) in [5, 5.41) is 0. The van der Waals surface area contributed by atoms with Gasteiger partial charge in [-0.25, -0.2) is 0 Å². The van der Waals surface area contributed by atoms with Crippen LogP contribution in [0.1, 0.15) is 20.3 Å². The minimum atomic E-state index is -1.52. The first-order valence-electron chi connectivity index (χ1n) is 6.22. The number of methoxy groups -OCH3 is 1. The summed E-state index contributed by atoms with van der Waals surface area (Å²) >= 11 is 0. The molecule has 0 saturated carbocycles. The van der Waals surface area contributed by atoms with Crippen LogP contribution in [0.25, 0.3) is 0 Å². The number of allylic oxidation sites excluding steroid dienone is 1. The van der Waals surface area contributed by atoms with Crippen molar-refractivity contribution in [3.8, 4) is 0 Å². The van der Waals surface area contributed by atoms with Crippen molar-refractivity contribution in [2.75, 3.05) is 20.5 Å². The highest BCUT2D eigenvalue weighted by Crippen LogP contribution is 2.25. The van der Waals surface area contributed by atoms with E-state index in [9.17, 15) is 0 Å². The van der Waals surface area contributed by atoms with Crippen molar-refractivity contribution in [1.82, 2.24) is 0 Å². The first-order chi connectivity index (χ1) is 7.78. The Morgan fingerprint density at radius 1 is 1.24 bits per heavy atom. The van der Waals surface area contributed by atoms with Crippen LogP contribution in [0, 0.1) is 11.8 Å². The van der Waals surface area contributed by atoms with Gasteiger partial charge >= 0.3 is 0 Å². The van der Waals surface area contributed by atoms with Gasteiger partial charge in [-0.05, 0) is 32.0 Å². The molecule has 4 heteroatoms. The SMILES string of the molecule is C=C(O[Si](C)(C)C)[C@@H](C)[C@@H](C)CCOCOC. The standard InChI is InChI=1S/C13H28O3Si/c1-11(8-9-15-10-14-4)12(2)13(3)16-17(5,6)7/h11-12H,3,8-10H2,1-2,4-7H3/t11-,12-/m0/s1. The predicted octanol–water partition coefficient (Wildman–Crippen LogP) is 3.63. The van der Waals surface area contributed by atoms with Crippen LogP contribution in [0.3, 0.4) is 0 Å². The summed E-state index contributed by atoms with van der Waals surface area (Å²) in [6, 6.07) is 0. The molecule has 0 rings (SSSR count). The molecule has 2 atom stereocenters. The summed E-state index contributed by atoms with van der Waals surface area (Å²) in [5.74, 6) is 1.80. The van der Waals surface area contributed by atoms with Crippen LogP contribution in [-0.4, -0.2) is 28.8 Å². The molecule has 0 bridgehead atoms. The highest BCUT2D eigenvalue weighted by atomic mass is 28.4. The lowest BCUT2D eigenvalue weighted by Gasteiger charge is -2.28. The van der Waals surface area contributed by atoms with E-state index < -0.39 is 8.32 Å². The van der Waals surface area contributed by atoms with Gasteiger partial charge in [-0.2, -0.15) is 0 Å². The van der Waals surface area contributed by atoms with Gasteiger partial charge in [0.1, 0.15) is 6.79 Å². The molecule has 0 aliphatic carbocycles. The van der Waals surface area contributed by atoms with Crippen molar-refractivity contribution in [3.05, 3.63) is 12.3 Å². The fourth-order valence-corrected chi connectivity index (χ4v) is 2.44. The Morgan fingerprint density at radius 3 is 2.29 bits per heavy atom. The van der Waals surface area contributed by atoms with Crippen LogP contribution in [0.2, 0.25) is 19.6 Å². The van der Waals surface area contributed by atoms with Crippen LogP contribution in [0.5, 0.6) is 0 Å². The molecule has 0 spiro atoms. The van der Waals surface area contributed by atoms with E-state index in [4.69, 9.17) is 13.9 Å². The molecule has 0 amide bonds. The molecule has 0 N–H and O–H groups in total. The molecule has 102 valence electrons. The van der Waals surface area contributed by atoms with E-state index in [2.05, 4.69) is 40.1 Å². The Hall–Kier alpha value is -0.323. The summed E-state index contributed by atoms with van der Waals surface area (Å²) in [6.45, 7) is 16.1. The van der Waals surface area contributed by atoms with Crippen molar-refractivity contribution in [3.63, 3.8) is 0 Å². The van der Waals surface area contributed by atoms with Crippen molar-refractivity contribution in [2.24, 2.45) is 11.8 Å². The number of ether oxygens (including phenoxy) is 2. The van der Waals surface area contributed by atoms with Crippen molar-refractivity contribution < 1.29 is 13.9 Å². The summed E-state index contributed by atoms with van der Waals surface area (Å²) in [7, 11) is 0.111. The summed E-state index contributed by atoms with van der Waals surface area (Å²) in [5.41, 5.74) is 0. The zero-order valence-electron chi connectivity index (χ0n) is 12.2. The molecule has 0 saturated heterocycles. The largest absolute Gasteiger partial charge is 0.548 e. The Balaban J connectivity index is 3.95. The third kappa shape index (κ3) is 8.41. The minimum absolute atomic E-state index is 0.368. The zero-order valence-corrected chi connectivity index (χ0v) is 13.2.